The van der Waals surface area contributed by atoms with Gasteiger partial charge in [0, 0.05) is 50.1 Å². The first-order chi connectivity index (χ1) is 13.7. The van der Waals surface area contributed by atoms with Gasteiger partial charge in [0.25, 0.3) is 5.56 Å². The molecule has 1 N–H and O–H groups in total. The van der Waals surface area contributed by atoms with Gasteiger partial charge >= 0.3 is 0 Å². The molecule has 1 aliphatic rings. The van der Waals surface area contributed by atoms with Crippen molar-refractivity contribution in [1.82, 2.24) is 24.8 Å². The Hall–Kier alpha value is -3.35. The van der Waals surface area contributed by atoms with Crippen molar-refractivity contribution in [3.05, 3.63) is 76.7 Å². The van der Waals surface area contributed by atoms with Gasteiger partial charge in [0.05, 0.1) is 11.4 Å². The van der Waals surface area contributed by atoms with E-state index in [9.17, 15) is 9.59 Å². The number of H-pyrrole nitrogens is 1. The summed E-state index contributed by atoms with van der Waals surface area (Å²) < 4.78 is 0. The quantitative estimate of drug-likeness (QED) is 0.738. The summed E-state index contributed by atoms with van der Waals surface area (Å²) in [6, 6.07) is 10.8. The molecule has 1 aliphatic heterocycles. The Morgan fingerprint density at radius 3 is 2.79 bits per heavy atom. The summed E-state index contributed by atoms with van der Waals surface area (Å²) in [4.78, 5) is 42.2. The summed E-state index contributed by atoms with van der Waals surface area (Å²) in [5, 5.41) is 0. The van der Waals surface area contributed by atoms with Crippen LogP contribution < -0.4 is 5.56 Å². The van der Waals surface area contributed by atoms with Gasteiger partial charge in [-0.05, 0) is 42.7 Å². The molecule has 0 spiro atoms. The normalized spacial score (nSPS) is 16.3. The molecule has 0 unspecified atom stereocenters. The molecule has 0 bridgehead atoms. The zero-order valence-corrected chi connectivity index (χ0v) is 15.4. The average molecular weight is 375 g/mol. The van der Waals surface area contributed by atoms with Crippen molar-refractivity contribution in [1.29, 1.82) is 0 Å². The second kappa shape index (κ2) is 8.12. The first-order valence-corrected chi connectivity index (χ1v) is 9.38. The largest absolute Gasteiger partial charge is 0.342 e. The number of amides is 1. The van der Waals surface area contributed by atoms with Crippen molar-refractivity contribution in [2.24, 2.45) is 0 Å². The summed E-state index contributed by atoms with van der Waals surface area (Å²) in [5.74, 6) is 0.779. The Morgan fingerprint density at radius 2 is 2.00 bits per heavy atom. The van der Waals surface area contributed by atoms with E-state index < -0.39 is 0 Å². The van der Waals surface area contributed by atoms with Gasteiger partial charge in [0.2, 0.25) is 5.91 Å². The van der Waals surface area contributed by atoms with Gasteiger partial charge < -0.3 is 9.88 Å². The van der Waals surface area contributed by atoms with Gasteiger partial charge in [-0.25, -0.2) is 4.98 Å². The number of pyridine rings is 2. The standard InChI is InChI=1S/C21H21N5O2/c27-19-13-18(17-3-1-2-9-23-17)24-21(25-19)16-8-12-26(14-16)20(28)5-4-15-6-10-22-11-7-15/h1-3,6-7,9-11,13,16H,4-5,8,12,14H2,(H,24,25,27)/t16-/m0/s1. The molecule has 7 heteroatoms. The van der Waals surface area contributed by atoms with Crippen molar-refractivity contribution in [3.63, 3.8) is 0 Å². The van der Waals surface area contributed by atoms with Crippen molar-refractivity contribution in [2.75, 3.05) is 13.1 Å². The summed E-state index contributed by atoms with van der Waals surface area (Å²) >= 11 is 0. The minimum absolute atomic E-state index is 0.0289. The highest BCUT2D eigenvalue weighted by atomic mass is 16.2. The summed E-state index contributed by atoms with van der Waals surface area (Å²) in [6.07, 6.45) is 7.11. The molecule has 1 saturated heterocycles. The van der Waals surface area contributed by atoms with Crippen molar-refractivity contribution < 1.29 is 4.79 Å². The Balaban J connectivity index is 1.43. The highest BCUT2D eigenvalue weighted by Crippen LogP contribution is 2.26. The lowest BCUT2D eigenvalue weighted by Gasteiger charge is -2.16. The van der Waals surface area contributed by atoms with E-state index in [1.165, 1.54) is 6.07 Å². The monoisotopic (exact) mass is 375 g/mol. The Kier molecular flexibility index (Phi) is 5.23. The van der Waals surface area contributed by atoms with E-state index in [0.717, 1.165) is 12.0 Å². The summed E-state index contributed by atoms with van der Waals surface area (Å²) in [7, 11) is 0. The van der Waals surface area contributed by atoms with Gasteiger partial charge in [0.1, 0.15) is 5.82 Å². The predicted octanol–water partition coefficient (Wildman–Crippen LogP) is 2.18. The number of nitrogens with one attached hydrogen (secondary N) is 1. The third kappa shape index (κ3) is 4.14. The van der Waals surface area contributed by atoms with Crippen LogP contribution in [-0.4, -0.2) is 43.8 Å². The summed E-state index contributed by atoms with van der Waals surface area (Å²) in [6.45, 7) is 1.25. The maximum absolute atomic E-state index is 12.6. The molecule has 3 aromatic rings. The lowest BCUT2D eigenvalue weighted by Crippen LogP contribution is -2.29. The van der Waals surface area contributed by atoms with E-state index in [2.05, 4.69) is 19.9 Å². The Bertz CT molecular complexity index is 1000. The van der Waals surface area contributed by atoms with E-state index in [0.29, 0.717) is 43.1 Å². The van der Waals surface area contributed by atoms with Gasteiger partial charge in [-0.1, -0.05) is 6.07 Å². The highest BCUT2D eigenvalue weighted by molar-refractivity contribution is 5.76. The molecule has 0 aromatic carbocycles. The van der Waals surface area contributed by atoms with E-state index in [4.69, 9.17) is 0 Å². The number of aromatic amines is 1. The lowest BCUT2D eigenvalue weighted by molar-refractivity contribution is -0.130. The smallest absolute Gasteiger partial charge is 0.251 e. The molecule has 28 heavy (non-hydrogen) atoms. The zero-order chi connectivity index (χ0) is 19.3. The van der Waals surface area contributed by atoms with Gasteiger partial charge in [-0.2, -0.15) is 0 Å². The number of aromatic nitrogens is 4. The fourth-order valence-electron chi connectivity index (χ4n) is 3.48. The van der Waals surface area contributed by atoms with Crippen molar-refractivity contribution in [2.45, 2.75) is 25.2 Å². The van der Waals surface area contributed by atoms with Crippen LogP contribution in [0.2, 0.25) is 0 Å². The molecule has 0 aliphatic carbocycles. The minimum Gasteiger partial charge on any atom is -0.342 e. The number of hydrogen-bond acceptors (Lipinski definition) is 5. The predicted molar refractivity (Wildman–Crippen MR) is 105 cm³/mol. The number of rotatable bonds is 5. The number of nitrogens with zero attached hydrogens (tertiary/aromatic N) is 4. The number of carbonyl (C=O) groups is 1. The van der Waals surface area contributed by atoms with Crippen LogP contribution in [0.25, 0.3) is 11.4 Å². The van der Waals surface area contributed by atoms with E-state index in [1.54, 1.807) is 18.6 Å². The first-order valence-electron chi connectivity index (χ1n) is 9.38. The molecule has 1 atom stereocenters. The second-order valence-corrected chi connectivity index (χ2v) is 6.91. The highest BCUT2D eigenvalue weighted by Gasteiger charge is 2.29. The topological polar surface area (TPSA) is 91.8 Å². The van der Waals surface area contributed by atoms with Crippen LogP contribution in [0.15, 0.2) is 59.8 Å². The Labute approximate surface area is 162 Å². The first kappa shape index (κ1) is 18.0. The van der Waals surface area contributed by atoms with Crippen LogP contribution >= 0.6 is 0 Å². The molecule has 7 nitrogen and oxygen atoms in total. The number of carbonyl (C=O) groups excluding carboxylic acids is 1. The molecule has 3 aromatic heterocycles. The molecule has 142 valence electrons. The molecule has 0 radical (unpaired) electrons. The molecular weight excluding hydrogens is 354 g/mol. The molecule has 1 fully saturated rings. The fourth-order valence-corrected chi connectivity index (χ4v) is 3.48. The van der Waals surface area contributed by atoms with Crippen LogP contribution in [0.4, 0.5) is 0 Å². The maximum Gasteiger partial charge on any atom is 0.251 e. The number of hydrogen-bond donors (Lipinski definition) is 1. The molecule has 0 saturated carbocycles. The molecule has 4 rings (SSSR count). The van der Waals surface area contributed by atoms with Gasteiger partial charge in [-0.3, -0.25) is 19.6 Å². The van der Waals surface area contributed by atoms with E-state index in [-0.39, 0.29) is 17.4 Å². The van der Waals surface area contributed by atoms with Crippen LogP contribution in [-0.2, 0) is 11.2 Å². The van der Waals surface area contributed by atoms with E-state index >= 15 is 0 Å². The molecule has 1 amide bonds. The van der Waals surface area contributed by atoms with Crippen LogP contribution in [0, 0.1) is 0 Å². The number of aryl methyl sites for hydroxylation is 1. The lowest BCUT2D eigenvalue weighted by atomic mass is 10.1. The van der Waals surface area contributed by atoms with Crippen molar-refractivity contribution >= 4 is 5.91 Å². The fraction of sp³-hybridized carbons (Fsp3) is 0.286. The SMILES string of the molecule is O=C(CCc1ccncc1)N1CC[C@H](c2nc(-c3ccccn3)cc(=O)[nH]2)C1. The zero-order valence-electron chi connectivity index (χ0n) is 15.4. The van der Waals surface area contributed by atoms with E-state index in [1.807, 2.05) is 35.2 Å². The Morgan fingerprint density at radius 1 is 1.14 bits per heavy atom. The van der Waals surface area contributed by atoms with Crippen LogP contribution in [0.3, 0.4) is 0 Å². The molecule has 4 heterocycles. The molecular formula is C21H21N5O2. The van der Waals surface area contributed by atoms with Crippen LogP contribution in [0.5, 0.6) is 0 Å². The van der Waals surface area contributed by atoms with Crippen LogP contribution in [0.1, 0.15) is 30.1 Å². The minimum atomic E-state index is -0.201. The maximum atomic E-state index is 12.6. The third-order valence-corrected chi connectivity index (χ3v) is 4.99. The van der Waals surface area contributed by atoms with Gasteiger partial charge in [-0.15, -0.1) is 0 Å². The van der Waals surface area contributed by atoms with Crippen molar-refractivity contribution in [3.8, 4) is 11.4 Å². The third-order valence-electron chi connectivity index (χ3n) is 4.99. The summed E-state index contributed by atoms with van der Waals surface area (Å²) in [5.41, 5.74) is 2.13. The number of likely N-dealkylation sites (tertiary alicyclic amines) is 1. The average Bonchev–Trinajstić information content (AvgIpc) is 3.23. The van der Waals surface area contributed by atoms with Gasteiger partial charge in [0.15, 0.2) is 0 Å². The second-order valence-electron chi connectivity index (χ2n) is 6.91.